The van der Waals surface area contributed by atoms with Crippen molar-refractivity contribution in [1.29, 1.82) is 0 Å². The number of benzene rings is 2. The maximum absolute atomic E-state index is 12.0. The number of halogens is 1. The molecule has 2 aromatic carbocycles. The molecule has 0 heterocycles. The van der Waals surface area contributed by atoms with Gasteiger partial charge in [0.2, 0.25) is 0 Å². The molecule has 0 unspecified atom stereocenters. The molecule has 2 aromatic rings. The van der Waals surface area contributed by atoms with Crippen LogP contribution in [0, 0.1) is 6.92 Å². The Bertz CT molecular complexity index is 713. The lowest BCUT2D eigenvalue weighted by Gasteiger charge is -2.07. The number of aliphatic imine (C=N–C) groups is 1. The minimum Gasteiger partial charge on any atom is -0.370 e. The number of nitrogens with one attached hydrogen (secondary N) is 2. The maximum Gasteiger partial charge on any atom is 0.251 e. The highest BCUT2D eigenvalue weighted by Gasteiger charge is 2.04. The number of carbonyl (C=O) groups excluding carboxylic acids is 1. The summed E-state index contributed by atoms with van der Waals surface area (Å²) in [5.41, 5.74) is 8.57. The van der Waals surface area contributed by atoms with Gasteiger partial charge in [-0.05, 0) is 43.7 Å². The highest BCUT2D eigenvalue weighted by Crippen LogP contribution is 2.11. The Morgan fingerprint density at radius 3 is 2.67 bits per heavy atom. The van der Waals surface area contributed by atoms with Crippen LogP contribution in [0.1, 0.15) is 22.3 Å². The standard InChI is InChI=1S/C18H21BrN4O/c1-13-6-8-16(9-7-13)23-18(20)22-11-3-10-21-17(24)14-4-2-5-15(19)12-14/h2,4-9,12H,3,10-11H2,1H3,(H,21,24)(H3,20,22,23). The first-order chi connectivity index (χ1) is 11.5. The Morgan fingerprint density at radius 1 is 1.21 bits per heavy atom. The van der Waals surface area contributed by atoms with E-state index in [1.54, 1.807) is 12.1 Å². The minimum atomic E-state index is -0.0916. The van der Waals surface area contributed by atoms with E-state index in [0.29, 0.717) is 24.6 Å². The summed E-state index contributed by atoms with van der Waals surface area (Å²) in [6, 6.07) is 15.2. The highest BCUT2D eigenvalue weighted by molar-refractivity contribution is 9.10. The Labute approximate surface area is 150 Å². The quantitative estimate of drug-likeness (QED) is 0.403. The van der Waals surface area contributed by atoms with Crippen LogP contribution in [0.15, 0.2) is 58.0 Å². The SMILES string of the molecule is Cc1ccc(NC(N)=NCCCNC(=O)c2cccc(Br)c2)cc1. The van der Waals surface area contributed by atoms with E-state index < -0.39 is 0 Å². The lowest BCUT2D eigenvalue weighted by atomic mass is 10.2. The van der Waals surface area contributed by atoms with Gasteiger partial charge >= 0.3 is 0 Å². The zero-order chi connectivity index (χ0) is 17.4. The van der Waals surface area contributed by atoms with Gasteiger partial charge in [0.1, 0.15) is 0 Å². The van der Waals surface area contributed by atoms with Gasteiger partial charge < -0.3 is 16.4 Å². The van der Waals surface area contributed by atoms with E-state index in [9.17, 15) is 4.79 Å². The van der Waals surface area contributed by atoms with Crippen molar-refractivity contribution >= 4 is 33.5 Å². The molecule has 0 fully saturated rings. The lowest BCUT2D eigenvalue weighted by Crippen LogP contribution is -2.26. The smallest absolute Gasteiger partial charge is 0.251 e. The third kappa shape index (κ3) is 6.04. The first kappa shape index (κ1) is 18.0. The summed E-state index contributed by atoms with van der Waals surface area (Å²) in [5.74, 6) is 0.281. The molecule has 2 rings (SSSR count). The zero-order valence-electron chi connectivity index (χ0n) is 13.6. The molecule has 4 N–H and O–H groups in total. The van der Waals surface area contributed by atoms with Crippen LogP contribution < -0.4 is 16.4 Å². The summed E-state index contributed by atoms with van der Waals surface area (Å²) in [7, 11) is 0. The monoisotopic (exact) mass is 388 g/mol. The van der Waals surface area contributed by atoms with Crippen molar-refractivity contribution in [3.05, 3.63) is 64.1 Å². The number of hydrogen-bond acceptors (Lipinski definition) is 2. The van der Waals surface area contributed by atoms with Crippen molar-refractivity contribution in [2.75, 3.05) is 18.4 Å². The molecule has 0 atom stereocenters. The van der Waals surface area contributed by atoms with Crippen LogP contribution in [0.25, 0.3) is 0 Å². The predicted molar refractivity (Wildman–Crippen MR) is 102 cm³/mol. The summed E-state index contributed by atoms with van der Waals surface area (Å²) in [5, 5.41) is 5.90. The average Bonchev–Trinajstić information content (AvgIpc) is 2.56. The Morgan fingerprint density at radius 2 is 1.96 bits per heavy atom. The molecule has 0 aliphatic heterocycles. The molecule has 24 heavy (non-hydrogen) atoms. The largest absolute Gasteiger partial charge is 0.370 e. The van der Waals surface area contributed by atoms with Crippen molar-refractivity contribution in [3.8, 4) is 0 Å². The zero-order valence-corrected chi connectivity index (χ0v) is 15.1. The number of hydrogen-bond donors (Lipinski definition) is 3. The van der Waals surface area contributed by atoms with E-state index in [4.69, 9.17) is 5.73 Å². The molecule has 0 spiro atoms. The minimum absolute atomic E-state index is 0.0916. The Kier molecular flexibility index (Phi) is 6.81. The molecule has 0 bridgehead atoms. The van der Waals surface area contributed by atoms with Crippen LogP contribution in [0.4, 0.5) is 5.69 Å². The van der Waals surface area contributed by atoms with E-state index in [1.807, 2.05) is 43.3 Å². The number of aryl methyl sites for hydroxylation is 1. The highest BCUT2D eigenvalue weighted by atomic mass is 79.9. The van der Waals surface area contributed by atoms with Crippen LogP contribution >= 0.6 is 15.9 Å². The molecule has 0 radical (unpaired) electrons. The fourth-order valence-electron chi connectivity index (χ4n) is 2.04. The van der Waals surface area contributed by atoms with Gasteiger partial charge in [0.05, 0.1) is 0 Å². The van der Waals surface area contributed by atoms with Gasteiger partial charge in [-0.15, -0.1) is 0 Å². The van der Waals surface area contributed by atoms with E-state index in [1.165, 1.54) is 5.56 Å². The molecule has 126 valence electrons. The van der Waals surface area contributed by atoms with E-state index in [0.717, 1.165) is 16.6 Å². The number of nitrogens with two attached hydrogens (primary N) is 1. The lowest BCUT2D eigenvalue weighted by molar-refractivity contribution is 0.0953. The summed E-state index contributed by atoms with van der Waals surface area (Å²) in [6.07, 6.45) is 0.718. The summed E-state index contributed by atoms with van der Waals surface area (Å²) < 4.78 is 0.884. The molecule has 0 saturated carbocycles. The van der Waals surface area contributed by atoms with Crippen LogP contribution in [0.5, 0.6) is 0 Å². The number of nitrogens with zero attached hydrogens (tertiary/aromatic N) is 1. The van der Waals surface area contributed by atoms with E-state index in [-0.39, 0.29) is 5.91 Å². The normalized spacial score (nSPS) is 11.2. The fraction of sp³-hybridized carbons (Fsp3) is 0.222. The van der Waals surface area contributed by atoms with Gasteiger partial charge in [0.25, 0.3) is 5.91 Å². The molecule has 1 amide bonds. The summed E-state index contributed by atoms with van der Waals surface area (Å²) in [4.78, 5) is 16.2. The van der Waals surface area contributed by atoms with Gasteiger partial charge in [-0.25, -0.2) is 0 Å². The Balaban J connectivity index is 1.70. The number of amides is 1. The van der Waals surface area contributed by atoms with E-state index in [2.05, 4.69) is 31.6 Å². The second kappa shape index (κ2) is 9.08. The molecule has 6 heteroatoms. The van der Waals surface area contributed by atoms with Crippen LogP contribution in [0.3, 0.4) is 0 Å². The molecule has 0 aliphatic carbocycles. The van der Waals surface area contributed by atoms with Gasteiger partial charge in [0, 0.05) is 28.8 Å². The fourth-order valence-corrected chi connectivity index (χ4v) is 2.44. The topological polar surface area (TPSA) is 79.5 Å². The number of anilines is 1. The van der Waals surface area contributed by atoms with Gasteiger partial charge in [-0.2, -0.15) is 0 Å². The Hall–Kier alpha value is -2.34. The first-order valence-corrected chi connectivity index (χ1v) is 8.51. The van der Waals surface area contributed by atoms with Crippen LogP contribution in [-0.4, -0.2) is 25.0 Å². The molecule has 0 saturated heterocycles. The average molecular weight is 389 g/mol. The number of guanidine groups is 1. The van der Waals surface area contributed by atoms with Crippen molar-refractivity contribution < 1.29 is 4.79 Å². The second-order valence-electron chi connectivity index (χ2n) is 5.38. The van der Waals surface area contributed by atoms with E-state index >= 15 is 0 Å². The third-order valence-electron chi connectivity index (χ3n) is 3.31. The number of carbonyl (C=O) groups is 1. The third-order valence-corrected chi connectivity index (χ3v) is 3.81. The number of rotatable bonds is 6. The predicted octanol–water partition coefficient (Wildman–Crippen LogP) is 3.30. The van der Waals surface area contributed by atoms with Gasteiger partial charge in [-0.1, -0.05) is 39.7 Å². The second-order valence-corrected chi connectivity index (χ2v) is 6.29. The molecular formula is C18H21BrN4O. The van der Waals surface area contributed by atoms with Crippen molar-refractivity contribution in [3.63, 3.8) is 0 Å². The van der Waals surface area contributed by atoms with Gasteiger partial charge in [0.15, 0.2) is 5.96 Å². The van der Waals surface area contributed by atoms with Crippen LogP contribution in [-0.2, 0) is 0 Å². The van der Waals surface area contributed by atoms with Crippen molar-refractivity contribution in [1.82, 2.24) is 5.32 Å². The summed E-state index contributed by atoms with van der Waals surface area (Å²) in [6.45, 7) is 3.12. The molecular weight excluding hydrogens is 368 g/mol. The van der Waals surface area contributed by atoms with Crippen molar-refractivity contribution in [2.24, 2.45) is 10.7 Å². The molecule has 0 aliphatic rings. The van der Waals surface area contributed by atoms with Gasteiger partial charge in [-0.3, -0.25) is 9.79 Å². The first-order valence-electron chi connectivity index (χ1n) is 7.72. The van der Waals surface area contributed by atoms with Crippen LogP contribution in [0.2, 0.25) is 0 Å². The maximum atomic E-state index is 12.0. The van der Waals surface area contributed by atoms with Crippen molar-refractivity contribution in [2.45, 2.75) is 13.3 Å². The molecule has 0 aromatic heterocycles. The summed E-state index contributed by atoms with van der Waals surface area (Å²) >= 11 is 3.35. The molecule has 5 nitrogen and oxygen atoms in total.